The van der Waals surface area contributed by atoms with Gasteiger partial charge in [-0.05, 0) is 13.8 Å². The molecule has 1 aliphatic heterocycles. The van der Waals surface area contributed by atoms with Gasteiger partial charge in [-0.15, -0.1) is 0 Å². The third-order valence-corrected chi connectivity index (χ3v) is 4.48. The molecule has 0 radical (unpaired) electrons. The third-order valence-electron chi connectivity index (χ3n) is 1.29. The molecule has 84 valence electrons. The molecule has 4 N–H and O–H groups in total. The molecule has 1 amide bonds. The summed E-state index contributed by atoms with van der Waals surface area (Å²) >= 11 is 0. The number of nitrogens with one attached hydrogen (secondary N) is 1. The van der Waals surface area contributed by atoms with Crippen LogP contribution in [-0.2, 0) is 4.79 Å². The van der Waals surface area contributed by atoms with Gasteiger partial charge in [0.1, 0.15) is 0 Å². The van der Waals surface area contributed by atoms with Crippen LogP contribution in [0.3, 0.4) is 0 Å². The average molecular weight is 465 g/mol. The molecule has 0 aromatic carbocycles. The molecule has 1 rings (SSSR count). The van der Waals surface area contributed by atoms with Gasteiger partial charge in [0.25, 0.3) is 0 Å². The number of rotatable bonds is 0. The Kier molecular flexibility index (Phi) is 15.6. The van der Waals surface area contributed by atoms with Crippen molar-refractivity contribution in [3.05, 3.63) is 0 Å². The average Bonchev–Trinajstić information content (AvgIpc) is 2.19. The van der Waals surface area contributed by atoms with E-state index in [1.807, 2.05) is 13.8 Å². The number of carbonyl (C=O) groups is 1. The Labute approximate surface area is 116 Å². The van der Waals surface area contributed by atoms with Crippen LogP contribution in [0.2, 0.25) is 0 Å². The fourth-order valence-corrected chi connectivity index (χ4v) is 2.97. The first-order valence-corrected chi connectivity index (χ1v) is 5.98. The van der Waals surface area contributed by atoms with Crippen LogP contribution in [0.4, 0.5) is 0 Å². The largest absolute Gasteiger partial charge is 0.412 e. The van der Waals surface area contributed by atoms with E-state index in [-0.39, 0.29) is 47.2 Å². The van der Waals surface area contributed by atoms with Crippen LogP contribution < -0.4 is 5.32 Å². The van der Waals surface area contributed by atoms with Gasteiger partial charge in [-0.25, -0.2) is 0 Å². The molecule has 0 aromatic heterocycles. The molecule has 1 aliphatic rings. The summed E-state index contributed by atoms with van der Waals surface area (Å²) in [6.45, 7) is 4.70. The second-order valence-corrected chi connectivity index (χ2v) is 5.71. The van der Waals surface area contributed by atoms with E-state index >= 15 is 0 Å². The molecule has 7 heteroatoms. The number of amides is 1. The minimum Gasteiger partial charge on any atom is -0.412 e. The number of aliphatic hydroxyl groups excluding tert-OH is 1. The molecular formula is C7H17NO3S2U. The van der Waals surface area contributed by atoms with Crippen LogP contribution in [0.25, 0.3) is 0 Å². The topological polar surface area (TPSA) is 80.8 Å². The summed E-state index contributed by atoms with van der Waals surface area (Å²) in [6.07, 6.45) is 0. The van der Waals surface area contributed by atoms with E-state index in [9.17, 15) is 4.79 Å². The molecule has 1 heterocycles. The second-order valence-electron chi connectivity index (χ2n) is 2.67. The third kappa shape index (κ3) is 7.44. The SMILES string of the molecule is CC1(C)SSCCNC1=O.CO.O.[U]. The predicted octanol–water partition coefficient (Wildman–Crippen LogP) is 0.0600. The fourth-order valence-electron chi connectivity index (χ4n) is 0.646. The Morgan fingerprint density at radius 3 is 2.43 bits per heavy atom. The normalized spacial score (nSPS) is 18.4. The van der Waals surface area contributed by atoms with Crippen molar-refractivity contribution in [1.82, 2.24) is 5.32 Å². The molecule has 0 aliphatic carbocycles. The molecular weight excluding hydrogens is 448 g/mol. The van der Waals surface area contributed by atoms with Crippen molar-refractivity contribution in [3.63, 3.8) is 0 Å². The van der Waals surface area contributed by atoms with Gasteiger partial charge in [-0.1, -0.05) is 21.6 Å². The van der Waals surface area contributed by atoms with E-state index in [1.54, 1.807) is 21.6 Å². The molecule has 14 heavy (non-hydrogen) atoms. The van der Waals surface area contributed by atoms with E-state index in [0.717, 1.165) is 19.4 Å². The van der Waals surface area contributed by atoms with Crippen LogP contribution >= 0.6 is 21.6 Å². The standard InChI is InChI=1S/C6H11NOS2.CH4O.H2O.U/c1-6(2)5(8)7-3-4-9-10-6;1-2;;/h3-4H2,1-2H3,(H,7,8);2H,1H3;1H2;. The maximum Gasteiger partial charge on any atom is 0.236 e. The number of hydrogen-bond donors (Lipinski definition) is 2. The molecule has 1 saturated heterocycles. The van der Waals surface area contributed by atoms with E-state index in [4.69, 9.17) is 5.11 Å². The summed E-state index contributed by atoms with van der Waals surface area (Å²) < 4.78 is -0.249. The summed E-state index contributed by atoms with van der Waals surface area (Å²) in [7, 11) is 4.41. The molecule has 1 fully saturated rings. The van der Waals surface area contributed by atoms with E-state index in [2.05, 4.69) is 5.32 Å². The van der Waals surface area contributed by atoms with Gasteiger partial charge in [0.05, 0.1) is 4.75 Å². The minimum atomic E-state index is -0.249. The Balaban J connectivity index is -0.000000284. The predicted molar refractivity (Wildman–Crippen MR) is 58.9 cm³/mol. The Morgan fingerprint density at radius 1 is 1.43 bits per heavy atom. The van der Waals surface area contributed by atoms with E-state index < -0.39 is 0 Å². The van der Waals surface area contributed by atoms with Crippen molar-refractivity contribution in [2.24, 2.45) is 0 Å². The minimum absolute atomic E-state index is 0. The van der Waals surface area contributed by atoms with Crippen LogP contribution in [0, 0.1) is 31.1 Å². The Morgan fingerprint density at radius 2 is 1.93 bits per heavy atom. The number of hydrogen-bond acceptors (Lipinski definition) is 4. The van der Waals surface area contributed by atoms with Gasteiger partial charge in [0.2, 0.25) is 5.91 Å². The first kappa shape index (κ1) is 20.5. The molecule has 0 saturated carbocycles. The first-order chi connectivity index (χ1) is 5.63. The zero-order valence-corrected chi connectivity index (χ0v) is 14.4. The molecule has 0 spiro atoms. The van der Waals surface area contributed by atoms with Crippen molar-refractivity contribution >= 4 is 27.5 Å². The smallest absolute Gasteiger partial charge is 0.236 e. The van der Waals surface area contributed by atoms with Crippen LogP contribution in [0.5, 0.6) is 0 Å². The molecule has 4 nitrogen and oxygen atoms in total. The number of carbonyl (C=O) groups excluding carboxylic acids is 1. The summed E-state index contributed by atoms with van der Waals surface area (Å²) in [5.41, 5.74) is 0. The van der Waals surface area contributed by atoms with E-state index in [1.165, 1.54) is 0 Å². The molecule has 0 bridgehead atoms. The van der Waals surface area contributed by atoms with Crippen LogP contribution in [-0.4, -0.2) is 40.6 Å². The number of aliphatic hydroxyl groups is 1. The summed E-state index contributed by atoms with van der Waals surface area (Å²) in [6, 6.07) is 0. The Hall–Kier alpha value is 1.14. The van der Waals surface area contributed by atoms with Gasteiger partial charge >= 0.3 is 0 Å². The van der Waals surface area contributed by atoms with Gasteiger partial charge < -0.3 is 15.9 Å². The van der Waals surface area contributed by atoms with Crippen molar-refractivity contribution in [2.45, 2.75) is 18.6 Å². The molecule has 0 unspecified atom stereocenters. The monoisotopic (exact) mass is 465 g/mol. The maximum absolute atomic E-state index is 11.2. The van der Waals surface area contributed by atoms with Crippen molar-refractivity contribution in [2.75, 3.05) is 19.4 Å². The Bertz CT molecular complexity index is 158. The zero-order valence-electron chi connectivity index (χ0n) is 8.59. The second kappa shape index (κ2) is 10.7. The zero-order chi connectivity index (χ0) is 9.61. The quantitative estimate of drug-likeness (QED) is 0.496. The van der Waals surface area contributed by atoms with Crippen molar-refractivity contribution in [3.8, 4) is 0 Å². The van der Waals surface area contributed by atoms with Gasteiger partial charge in [-0.3, -0.25) is 4.79 Å². The first-order valence-electron chi connectivity index (χ1n) is 3.66. The van der Waals surface area contributed by atoms with Gasteiger partial charge in [-0.2, -0.15) is 0 Å². The van der Waals surface area contributed by atoms with Gasteiger partial charge in [0.15, 0.2) is 0 Å². The van der Waals surface area contributed by atoms with Gasteiger partial charge in [0, 0.05) is 50.5 Å². The summed E-state index contributed by atoms with van der Waals surface area (Å²) in [5.74, 6) is 1.17. The summed E-state index contributed by atoms with van der Waals surface area (Å²) in [4.78, 5) is 11.2. The van der Waals surface area contributed by atoms with Crippen LogP contribution in [0.1, 0.15) is 13.8 Å². The van der Waals surface area contributed by atoms with Crippen molar-refractivity contribution in [1.29, 1.82) is 0 Å². The summed E-state index contributed by atoms with van der Waals surface area (Å²) in [5, 5.41) is 9.85. The fraction of sp³-hybridized carbons (Fsp3) is 0.857. The van der Waals surface area contributed by atoms with Crippen LogP contribution in [0.15, 0.2) is 0 Å². The molecule has 0 atom stereocenters. The van der Waals surface area contributed by atoms with Crippen molar-refractivity contribution < 1.29 is 46.5 Å². The van der Waals surface area contributed by atoms with E-state index in [0.29, 0.717) is 0 Å². The maximum atomic E-state index is 11.2. The molecule has 0 aromatic rings.